The van der Waals surface area contributed by atoms with Crippen molar-refractivity contribution in [1.29, 1.82) is 0 Å². The monoisotopic (exact) mass is 474 g/mol. The Morgan fingerprint density at radius 2 is 1.68 bits per heavy atom. The Balaban J connectivity index is 1.37. The molecule has 2 N–H and O–H groups in total. The molecule has 3 heterocycles. The molecule has 1 aliphatic heterocycles. The molecule has 0 radical (unpaired) electrons. The van der Waals surface area contributed by atoms with Crippen LogP contribution in [0.3, 0.4) is 0 Å². The largest absolute Gasteiger partial charge is 0.457 e. The van der Waals surface area contributed by atoms with Crippen LogP contribution in [-0.4, -0.2) is 49.1 Å². The average molecular weight is 475 g/mol. The number of benzene rings is 2. The predicted molar refractivity (Wildman–Crippen MR) is 137 cm³/mol. The third-order valence-corrected chi connectivity index (χ3v) is 7.28. The van der Waals surface area contributed by atoms with Gasteiger partial charge in [0.25, 0.3) is 5.91 Å². The van der Waals surface area contributed by atoms with Gasteiger partial charge in [-0.2, -0.15) is 0 Å². The van der Waals surface area contributed by atoms with Crippen LogP contribution in [0, 0.1) is 13.8 Å². The third kappa shape index (κ3) is 4.60. The van der Waals surface area contributed by atoms with E-state index in [0.29, 0.717) is 16.3 Å². The molecule has 34 heavy (non-hydrogen) atoms. The van der Waals surface area contributed by atoms with Gasteiger partial charge in [-0.1, -0.05) is 18.2 Å². The maximum Gasteiger partial charge on any atom is 0.266 e. The van der Waals surface area contributed by atoms with Gasteiger partial charge >= 0.3 is 0 Å². The Labute approximate surface area is 203 Å². The molecule has 1 aliphatic rings. The van der Waals surface area contributed by atoms with E-state index in [1.165, 1.54) is 16.2 Å². The Hall–Kier alpha value is -3.49. The van der Waals surface area contributed by atoms with E-state index < -0.39 is 0 Å². The van der Waals surface area contributed by atoms with Crippen LogP contribution in [0.4, 0.5) is 11.5 Å². The molecule has 0 bridgehead atoms. The number of aryl methyl sites for hydroxylation is 2. The molecule has 0 atom stereocenters. The maximum absolute atomic E-state index is 13.2. The van der Waals surface area contributed by atoms with Crippen LogP contribution in [0.1, 0.15) is 21.1 Å². The number of aromatic nitrogens is 2. The van der Waals surface area contributed by atoms with Gasteiger partial charge in [-0.15, -0.1) is 11.3 Å². The summed E-state index contributed by atoms with van der Waals surface area (Å²) in [6, 6.07) is 17.0. The van der Waals surface area contributed by atoms with Crippen molar-refractivity contribution in [2.75, 3.05) is 43.4 Å². The molecule has 1 amide bonds. The second-order valence-corrected chi connectivity index (χ2v) is 9.67. The molecule has 1 saturated heterocycles. The van der Waals surface area contributed by atoms with Gasteiger partial charge in [0.1, 0.15) is 28.0 Å². The predicted octanol–water partition coefficient (Wildman–Crippen LogP) is 3.69. The number of hydrogen-bond acceptors (Lipinski definition) is 6. The minimum absolute atomic E-state index is 0.136. The lowest BCUT2D eigenvalue weighted by molar-refractivity contribution is -0.880. The number of para-hydroxylation sites is 1. The SMILES string of the molecule is Cc1nc(N2CC[NH+](C)CC2)c2c(C)c(C(=O)Nc3ccc(Oc4ccccc4)cc3)sc2n1. The highest BCUT2D eigenvalue weighted by molar-refractivity contribution is 7.20. The van der Waals surface area contributed by atoms with Gasteiger partial charge in [0, 0.05) is 5.69 Å². The van der Waals surface area contributed by atoms with Gasteiger partial charge in [-0.05, 0) is 55.8 Å². The molecule has 1 fully saturated rings. The van der Waals surface area contributed by atoms with Gasteiger partial charge in [-0.25, -0.2) is 9.97 Å². The molecule has 8 heteroatoms. The fourth-order valence-electron chi connectivity index (χ4n) is 4.19. The summed E-state index contributed by atoms with van der Waals surface area (Å²) in [5, 5.41) is 4.01. The highest BCUT2D eigenvalue weighted by atomic mass is 32.1. The lowest BCUT2D eigenvalue weighted by Crippen LogP contribution is -3.12. The summed E-state index contributed by atoms with van der Waals surface area (Å²) < 4.78 is 5.84. The molecule has 5 rings (SSSR count). The summed E-state index contributed by atoms with van der Waals surface area (Å²) in [6.45, 7) is 7.96. The van der Waals surface area contributed by atoms with Crippen molar-refractivity contribution in [1.82, 2.24) is 9.97 Å². The van der Waals surface area contributed by atoms with Crippen molar-refractivity contribution in [3.05, 3.63) is 70.9 Å². The summed E-state index contributed by atoms with van der Waals surface area (Å²) in [6.07, 6.45) is 0. The molecule has 2 aromatic heterocycles. The molecule has 2 aromatic carbocycles. The fraction of sp³-hybridized carbons (Fsp3) is 0.269. The van der Waals surface area contributed by atoms with E-state index >= 15 is 0 Å². The van der Waals surface area contributed by atoms with Gasteiger partial charge in [0.05, 0.1) is 43.5 Å². The van der Waals surface area contributed by atoms with Gasteiger partial charge in [0.2, 0.25) is 0 Å². The van der Waals surface area contributed by atoms with Crippen LogP contribution in [0.25, 0.3) is 10.2 Å². The minimum Gasteiger partial charge on any atom is -0.457 e. The average Bonchev–Trinajstić information content (AvgIpc) is 3.17. The number of fused-ring (bicyclic) bond motifs is 1. The van der Waals surface area contributed by atoms with E-state index in [1.54, 1.807) is 0 Å². The zero-order chi connectivity index (χ0) is 23.7. The van der Waals surface area contributed by atoms with E-state index in [1.807, 2.05) is 68.4 Å². The van der Waals surface area contributed by atoms with E-state index in [2.05, 4.69) is 22.2 Å². The number of nitrogens with one attached hydrogen (secondary N) is 2. The van der Waals surface area contributed by atoms with Gasteiger partial charge in [-0.3, -0.25) is 4.79 Å². The van der Waals surface area contributed by atoms with Crippen molar-refractivity contribution in [3.8, 4) is 11.5 Å². The maximum atomic E-state index is 13.2. The van der Waals surface area contributed by atoms with Crippen molar-refractivity contribution < 1.29 is 14.4 Å². The fourth-order valence-corrected chi connectivity index (χ4v) is 5.30. The van der Waals surface area contributed by atoms with E-state index in [9.17, 15) is 4.79 Å². The number of hydrogen-bond donors (Lipinski definition) is 2. The van der Waals surface area contributed by atoms with Crippen LogP contribution in [-0.2, 0) is 0 Å². The zero-order valence-corrected chi connectivity index (χ0v) is 20.4. The number of ether oxygens (including phenoxy) is 1. The van der Waals surface area contributed by atoms with Crippen LogP contribution < -0.4 is 19.9 Å². The van der Waals surface area contributed by atoms with Crippen molar-refractivity contribution in [2.24, 2.45) is 0 Å². The van der Waals surface area contributed by atoms with Gasteiger partial charge < -0.3 is 19.9 Å². The number of amides is 1. The topological polar surface area (TPSA) is 71.8 Å². The first-order valence-electron chi connectivity index (χ1n) is 11.5. The molecule has 0 aliphatic carbocycles. The Morgan fingerprint density at radius 1 is 1.00 bits per heavy atom. The Bertz CT molecular complexity index is 1310. The lowest BCUT2D eigenvalue weighted by Gasteiger charge is -2.31. The zero-order valence-electron chi connectivity index (χ0n) is 19.6. The number of likely N-dealkylation sites (N-methyl/N-ethyl adjacent to an activating group) is 1. The first kappa shape index (κ1) is 22.3. The van der Waals surface area contributed by atoms with Crippen LogP contribution in [0.5, 0.6) is 11.5 Å². The lowest BCUT2D eigenvalue weighted by atomic mass is 10.1. The normalized spacial score (nSPS) is 14.4. The minimum atomic E-state index is -0.136. The summed E-state index contributed by atoms with van der Waals surface area (Å²) in [5.74, 6) is 3.03. The number of quaternary nitrogens is 1. The summed E-state index contributed by atoms with van der Waals surface area (Å²) >= 11 is 1.43. The number of carbonyl (C=O) groups is 1. The summed E-state index contributed by atoms with van der Waals surface area (Å²) in [7, 11) is 2.22. The van der Waals surface area contributed by atoms with E-state index in [0.717, 1.165) is 59.4 Å². The van der Waals surface area contributed by atoms with Crippen molar-refractivity contribution >= 4 is 39.0 Å². The first-order chi connectivity index (χ1) is 16.5. The highest BCUT2D eigenvalue weighted by Gasteiger charge is 2.25. The van der Waals surface area contributed by atoms with E-state index in [4.69, 9.17) is 9.72 Å². The van der Waals surface area contributed by atoms with E-state index in [-0.39, 0.29) is 5.91 Å². The molecule has 0 unspecified atom stereocenters. The second-order valence-electron chi connectivity index (χ2n) is 8.67. The highest BCUT2D eigenvalue weighted by Crippen LogP contribution is 2.36. The molecule has 0 saturated carbocycles. The molecule has 0 spiro atoms. The molecule has 174 valence electrons. The van der Waals surface area contributed by atoms with Crippen molar-refractivity contribution in [3.63, 3.8) is 0 Å². The number of thiophene rings is 1. The molecule has 7 nitrogen and oxygen atoms in total. The summed E-state index contributed by atoms with van der Waals surface area (Å²) in [4.78, 5) is 28.0. The second kappa shape index (κ2) is 9.40. The first-order valence-corrected chi connectivity index (χ1v) is 12.3. The number of rotatable bonds is 5. The summed E-state index contributed by atoms with van der Waals surface area (Å²) in [5.41, 5.74) is 1.65. The standard InChI is InChI=1S/C26H27N5O2S/c1-17-22-24(31-15-13-30(3)14-16-31)27-18(2)28-26(22)34-23(17)25(32)29-19-9-11-21(12-10-19)33-20-7-5-4-6-8-20/h4-12H,13-16H2,1-3H3,(H,29,32)/p+1. The molecular formula is C26H28N5O2S+. The van der Waals surface area contributed by atoms with Crippen LogP contribution in [0.15, 0.2) is 54.6 Å². The molecule has 4 aromatic rings. The number of nitrogens with zero attached hydrogens (tertiary/aromatic N) is 3. The van der Waals surface area contributed by atoms with Crippen LogP contribution >= 0.6 is 11.3 Å². The Kier molecular flexibility index (Phi) is 6.17. The van der Waals surface area contributed by atoms with Crippen molar-refractivity contribution in [2.45, 2.75) is 13.8 Å². The Morgan fingerprint density at radius 3 is 2.38 bits per heavy atom. The number of piperazine rings is 1. The van der Waals surface area contributed by atoms with Gasteiger partial charge in [0.15, 0.2) is 0 Å². The van der Waals surface area contributed by atoms with Crippen LogP contribution in [0.2, 0.25) is 0 Å². The quantitative estimate of drug-likeness (QED) is 0.462. The number of carbonyl (C=O) groups excluding carboxylic acids is 1. The smallest absolute Gasteiger partial charge is 0.266 e. The third-order valence-electron chi connectivity index (χ3n) is 6.10. The number of anilines is 2. The molecular weight excluding hydrogens is 446 g/mol.